The van der Waals surface area contributed by atoms with Crippen LogP contribution >= 0.6 is 11.6 Å². The van der Waals surface area contributed by atoms with Gasteiger partial charge in [0.25, 0.3) is 0 Å². The second-order valence-corrected chi connectivity index (χ2v) is 4.82. The van der Waals surface area contributed by atoms with E-state index < -0.39 is 17.9 Å². The molecule has 2 atom stereocenters. The normalized spacial score (nSPS) is 13.7. The van der Waals surface area contributed by atoms with E-state index in [2.05, 4.69) is 0 Å². The van der Waals surface area contributed by atoms with Crippen LogP contribution in [0.5, 0.6) is 0 Å². The zero-order valence-corrected chi connectivity index (χ0v) is 11.6. The molecule has 6 heteroatoms. The fourth-order valence-electron chi connectivity index (χ4n) is 1.69. The average Bonchev–Trinajstić information content (AvgIpc) is 2.36. The van der Waals surface area contributed by atoms with Crippen molar-refractivity contribution in [3.63, 3.8) is 0 Å². The second-order valence-electron chi connectivity index (χ2n) is 4.38. The van der Waals surface area contributed by atoms with Crippen LogP contribution < -0.4 is 5.73 Å². The molecule has 19 heavy (non-hydrogen) atoms. The first-order chi connectivity index (χ1) is 8.82. The van der Waals surface area contributed by atoms with Crippen LogP contribution in [0.15, 0.2) is 24.3 Å². The number of aliphatic carboxylic acids is 1. The number of carbonyl (C=O) groups excluding carboxylic acids is 1. The monoisotopic (exact) mass is 284 g/mol. The SMILES string of the molecule is CC(c1ccc(Cl)cc1)N(C)C(=O)C(N)CC(=O)O. The van der Waals surface area contributed by atoms with Crippen LogP contribution in [0.2, 0.25) is 5.02 Å². The third-order valence-electron chi connectivity index (χ3n) is 2.99. The van der Waals surface area contributed by atoms with E-state index in [-0.39, 0.29) is 12.5 Å². The van der Waals surface area contributed by atoms with Gasteiger partial charge in [0, 0.05) is 12.1 Å². The summed E-state index contributed by atoms with van der Waals surface area (Å²) in [5, 5.41) is 9.25. The summed E-state index contributed by atoms with van der Waals surface area (Å²) in [5.41, 5.74) is 6.47. The van der Waals surface area contributed by atoms with Crippen molar-refractivity contribution in [1.82, 2.24) is 4.90 Å². The molecule has 0 spiro atoms. The summed E-state index contributed by atoms with van der Waals surface area (Å²) in [6, 6.07) is 5.88. The van der Waals surface area contributed by atoms with Crippen molar-refractivity contribution in [1.29, 1.82) is 0 Å². The molecule has 1 rings (SSSR count). The van der Waals surface area contributed by atoms with Crippen molar-refractivity contribution in [3.8, 4) is 0 Å². The first-order valence-corrected chi connectivity index (χ1v) is 6.20. The summed E-state index contributed by atoms with van der Waals surface area (Å²) < 4.78 is 0. The fraction of sp³-hybridized carbons (Fsp3) is 0.385. The van der Waals surface area contributed by atoms with E-state index in [9.17, 15) is 9.59 Å². The number of carbonyl (C=O) groups is 2. The van der Waals surface area contributed by atoms with Crippen LogP contribution in [0, 0.1) is 0 Å². The highest BCUT2D eigenvalue weighted by Crippen LogP contribution is 2.21. The molecule has 0 bridgehead atoms. The Morgan fingerprint density at radius 1 is 1.37 bits per heavy atom. The summed E-state index contributed by atoms with van der Waals surface area (Å²) in [4.78, 5) is 24.0. The molecule has 2 unspecified atom stereocenters. The minimum Gasteiger partial charge on any atom is -0.481 e. The first kappa shape index (κ1) is 15.5. The molecule has 0 radical (unpaired) electrons. The van der Waals surface area contributed by atoms with Gasteiger partial charge in [-0.15, -0.1) is 0 Å². The van der Waals surface area contributed by atoms with Crippen LogP contribution in [-0.4, -0.2) is 35.0 Å². The Balaban J connectivity index is 2.76. The molecule has 5 nitrogen and oxygen atoms in total. The van der Waals surface area contributed by atoms with Crippen LogP contribution in [0.1, 0.15) is 24.9 Å². The fourth-order valence-corrected chi connectivity index (χ4v) is 1.82. The van der Waals surface area contributed by atoms with Gasteiger partial charge in [-0.05, 0) is 24.6 Å². The van der Waals surface area contributed by atoms with Crippen molar-refractivity contribution in [2.24, 2.45) is 5.73 Å². The number of nitrogens with zero attached hydrogens (tertiary/aromatic N) is 1. The Hall–Kier alpha value is -1.59. The van der Waals surface area contributed by atoms with Crippen molar-refractivity contribution >= 4 is 23.5 Å². The van der Waals surface area contributed by atoms with Crippen LogP contribution in [-0.2, 0) is 9.59 Å². The molecule has 3 N–H and O–H groups in total. The zero-order chi connectivity index (χ0) is 14.6. The Morgan fingerprint density at radius 2 is 1.89 bits per heavy atom. The quantitative estimate of drug-likeness (QED) is 0.861. The highest BCUT2D eigenvalue weighted by atomic mass is 35.5. The maximum Gasteiger partial charge on any atom is 0.305 e. The van der Waals surface area contributed by atoms with Crippen LogP contribution in [0.3, 0.4) is 0 Å². The van der Waals surface area contributed by atoms with Crippen molar-refractivity contribution in [2.45, 2.75) is 25.4 Å². The predicted molar refractivity (Wildman–Crippen MR) is 72.9 cm³/mol. The first-order valence-electron chi connectivity index (χ1n) is 5.82. The largest absolute Gasteiger partial charge is 0.481 e. The van der Waals surface area contributed by atoms with E-state index in [1.54, 1.807) is 19.2 Å². The smallest absolute Gasteiger partial charge is 0.305 e. The third-order valence-corrected chi connectivity index (χ3v) is 3.24. The Morgan fingerprint density at radius 3 is 2.37 bits per heavy atom. The second kappa shape index (κ2) is 6.54. The maximum absolute atomic E-state index is 12.0. The van der Waals surface area contributed by atoms with Gasteiger partial charge in [0.15, 0.2) is 0 Å². The molecule has 1 aromatic carbocycles. The minimum absolute atomic E-state index is 0.204. The van der Waals surface area contributed by atoms with E-state index in [1.807, 2.05) is 19.1 Å². The molecule has 1 aromatic rings. The third kappa shape index (κ3) is 4.22. The molecule has 0 saturated carbocycles. The molecule has 1 amide bonds. The van der Waals surface area contributed by atoms with E-state index in [4.69, 9.17) is 22.4 Å². The van der Waals surface area contributed by atoms with Gasteiger partial charge in [0.2, 0.25) is 5.91 Å². The molecule has 0 heterocycles. The van der Waals surface area contributed by atoms with Crippen molar-refractivity contribution in [2.75, 3.05) is 7.05 Å². The highest BCUT2D eigenvalue weighted by Gasteiger charge is 2.24. The van der Waals surface area contributed by atoms with Gasteiger partial charge in [-0.2, -0.15) is 0 Å². The molecule has 0 fully saturated rings. The maximum atomic E-state index is 12.0. The van der Waals surface area contributed by atoms with Gasteiger partial charge in [-0.1, -0.05) is 23.7 Å². The summed E-state index contributed by atoms with van der Waals surface area (Å²) in [5.74, 6) is -1.49. The van der Waals surface area contributed by atoms with Crippen molar-refractivity contribution < 1.29 is 14.7 Å². The number of amides is 1. The molecular formula is C13H17ClN2O3. The summed E-state index contributed by atoms with van der Waals surface area (Å²) >= 11 is 5.80. The lowest BCUT2D eigenvalue weighted by Crippen LogP contribution is -2.43. The molecule has 0 saturated heterocycles. The van der Waals surface area contributed by atoms with E-state index in [1.165, 1.54) is 4.90 Å². The Kier molecular flexibility index (Phi) is 5.32. The molecule has 0 aliphatic carbocycles. The van der Waals surface area contributed by atoms with Crippen LogP contribution in [0.25, 0.3) is 0 Å². The summed E-state index contributed by atoms with van der Waals surface area (Å²) in [6.45, 7) is 1.84. The number of benzene rings is 1. The molecular weight excluding hydrogens is 268 g/mol. The highest BCUT2D eigenvalue weighted by molar-refractivity contribution is 6.30. The van der Waals surface area contributed by atoms with Crippen LogP contribution in [0.4, 0.5) is 0 Å². The zero-order valence-electron chi connectivity index (χ0n) is 10.8. The van der Waals surface area contributed by atoms with Gasteiger partial charge < -0.3 is 15.7 Å². The average molecular weight is 285 g/mol. The molecule has 0 aromatic heterocycles. The van der Waals surface area contributed by atoms with Gasteiger partial charge in [-0.25, -0.2) is 0 Å². The number of rotatable bonds is 5. The van der Waals surface area contributed by atoms with Crippen molar-refractivity contribution in [3.05, 3.63) is 34.9 Å². The van der Waals surface area contributed by atoms with Gasteiger partial charge in [0.05, 0.1) is 18.5 Å². The minimum atomic E-state index is -1.09. The number of nitrogens with two attached hydrogens (primary N) is 1. The summed E-state index contributed by atoms with van der Waals surface area (Å²) in [6.07, 6.45) is -0.378. The number of carboxylic acid groups (broad SMARTS) is 1. The summed E-state index contributed by atoms with van der Waals surface area (Å²) in [7, 11) is 1.60. The molecule has 0 aliphatic heterocycles. The van der Waals surface area contributed by atoms with E-state index >= 15 is 0 Å². The lowest BCUT2D eigenvalue weighted by molar-refractivity contribution is -0.142. The number of carboxylic acids is 1. The number of hydrogen-bond acceptors (Lipinski definition) is 3. The van der Waals surface area contributed by atoms with E-state index in [0.717, 1.165) is 5.56 Å². The number of hydrogen-bond donors (Lipinski definition) is 2. The van der Waals surface area contributed by atoms with Gasteiger partial charge in [-0.3, -0.25) is 9.59 Å². The number of halogens is 1. The van der Waals surface area contributed by atoms with Gasteiger partial charge >= 0.3 is 5.97 Å². The Labute approximate surface area is 117 Å². The lowest BCUT2D eigenvalue weighted by atomic mass is 10.1. The Bertz CT molecular complexity index is 461. The number of likely N-dealkylation sites (N-methyl/N-ethyl adjacent to an activating group) is 1. The van der Waals surface area contributed by atoms with E-state index in [0.29, 0.717) is 5.02 Å². The standard InChI is InChI=1S/C13H17ClN2O3/c1-8(9-3-5-10(14)6-4-9)16(2)13(19)11(15)7-12(17)18/h3-6,8,11H,7,15H2,1-2H3,(H,17,18). The molecule has 104 valence electrons. The molecule has 0 aliphatic rings. The topological polar surface area (TPSA) is 83.6 Å². The lowest BCUT2D eigenvalue weighted by Gasteiger charge is -2.27. The van der Waals surface area contributed by atoms with Gasteiger partial charge in [0.1, 0.15) is 0 Å². The predicted octanol–water partition coefficient (Wildman–Crippen LogP) is 1.66.